The summed E-state index contributed by atoms with van der Waals surface area (Å²) in [4.78, 5) is 0. The summed E-state index contributed by atoms with van der Waals surface area (Å²) >= 11 is 0. The molecule has 0 bridgehead atoms. The summed E-state index contributed by atoms with van der Waals surface area (Å²) in [6, 6.07) is 1.38. The van der Waals surface area contributed by atoms with Crippen molar-refractivity contribution in [2.24, 2.45) is 0 Å². The number of hydrogen-bond donors (Lipinski definition) is 2. The summed E-state index contributed by atoms with van der Waals surface area (Å²) in [7, 11) is 1.78. The molecule has 0 spiro atoms. The van der Waals surface area contributed by atoms with Crippen molar-refractivity contribution in [3.8, 4) is 0 Å². The molecule has 1 heterocycles. The first kappa shape index (κ1) is 15.9. The van der Waals surface area contributed by atoms with E-state index in [0.717, 1.165) is 19.2 Å². The second-order valence-corrected chi connectivity index (χ2v) is 5.64. The molecule has 0 aromatic rings. The average Bonchev–Trinajstić information content (AvgIpc) is 2.62. The second kappa shape index (κ2) is 10.8. The van der Waals surface area contributed by atoms with Crippen LogP contribution in [-0.4, -0.2) is 38.9 Å². The monoisotopic (exact) mass is 256 g/mol. The van der Waals surface area contributed by atoms with Gasteiger partial charge in [0, 0.05) is 25.8 Å². The van der Waals surface area contributed by atoms with Crippen molar-refractivity contribution >= 4 is 0 Å². The minimum absolute atomic E-state index is 0.642. The fourth-order valence-electron chi connectivity index (χ4n) is 2.71. The highest BCUT2D eigenvalue weighted by Crippen LogP contribution is 2.12. The molecule has 0 radical (unpaired) electrons. The summed E-state index contributed by atoms with van der Waals surface area (Å²) in [6.45, 7) is 5.59. The Bertz CT molecular complexity index is 179. The standard InChI is InChI=1S/C15H32N2O/c1-14(16-10-7-4-8-12-18-2)13-15-9-5-3-6-11-17-15/h14-17H,3-13H2,1-2H3. The first-order valence-electron chi connectivity index (χ1n) is 7.78. The highest BCUT2D eigenvalue weighted by atomic mass is 16.5. The van der Waals surface area contributed by atoms with Crippen LogP contribution in [0, 0.1) is 0 Å². The van der Waals surface area contributed by atoms with Gasteiger partial charge < -0.3 is 15.4 Å². The van der Waals surface area contributed by atoms with Crippen LogP contribution in [0.15, 0.2) is 0 Å². The number of unbranched alkanes of at least 4 members (excludes halogenated alkanes) is 2. The SMILES string of the molecule is COCCCCCNC(C)CC1CCCCCN1. The lowest BCUT2D eigenvalue weighted by Crippen LogP contribution is -2.37. The van der Waals surface area contributed by atoms with E-state index in [2.05, 4.69) is 17.6 Å². The summed E-state index contributed by atoms with van der Waals surface area (Å²) in [5.74, 6) is 0. The van der Waals surface area contributed by atoms with Crippen molar-refractivity contribution in [1.82, 2.24) is 10.6 Å². The van der Waals surface area contributed by atoms with Crippen molar-refractivity contribution in [2.45, 2.75) is 70.4 Å². The minimum atomic E-state index is 0.642. The van der Waals surface area contributed by atoms with E-state index in [4.69, 9.17) is 4.74 Å². The molecule has 18 heavy (non-hydrogen) atoms. The fraction of sp³-hybridized carbons (Fsp3) is 1.00. The highest BCUT2D eigenvalue weighted by molar-refractivity contribution is 4.75. The van der Waals surface area contributed by atoms with E-state index >= 15 is 0 Å². The molecule has 2 atom stereocenters. The van der Waals surface area contributed by atoms with Crippen LogP contribution in [-0.2, 0) is 4.74 Å². The maximum atomic E-state index is 5.05. The van der Waals surface area contributed by atoms with Gasteiger partial charge in [-0.2, -0.15) is 0 Å². The van der Waals surface area contributed by atoms with E-state index in [-0.39, 0.29) is 0 Å². The maximum Gasteiger partial charge on any atom is 0.0462 e. The molecule has 1 fully saturated rings. The Morgan fingerprint density at radius 2 is 2.11 bits per heavy atom. The summed E-state index contributed by atoms with van der Waals surface area (Å²) in [5.41, 5.74) is 0. The van der Waals surface area contributed by atoms with Crippen LogP contribution in [0.3, 0.4) is 0 Å². The summed E-state index contributed by atoms with van der Waals surface area (Å²) < 4.78 is 5.05. The van der Waals surface area contributed by atoms with Gasteiger partial charge in [-0.1, -0.05) is 12.8 Å². The van der Waals surface area contributed by atoms with Crippen LogP contribution in [0.4, 0.5) is 0 Å². The zero-order valence-corrected chi connectivity index (χ0v) is 12.3. The van der Waals surface area contributed by atoms with Crippen molar-refractivity contribution in [3.05, 3.63) is 0 Å². The largest absolute Gasteiger partial charge is 0.385 e. The van der Waals surface area contributed by atoms with Crippen LogP contribution in [0.2, 0.25) is 0 Å². The van der Waals surface area contributed by atoms with Crippen molar-refractivity contribution < 1.29 is 4.74 Å². The number of hydrogen-bond acceptors (Lipinski definition) is 3. The van der Waals surface area contributed by atoms with Gasteiger partial charge in [-0.25, -0.2) is 0 Å². The molecule has 2 N–H and O–H groups in total. The summed E-state index contributed by atoms with van der Waals surface area (Å²) in [5, 5.41) is 7.32. The lowest BCUT2D eigenvalue weighted by atomic mass is 10.0. The summed E-state index contributed by atoms with van der Waals surface area (Å²) in [6.07, 6.45) is 10.5. The number of rotatable bonds is 9. The Kier molecular flexibility index (Phi) is 9.54. The van der Waals surface area contributed by atoms with E-state index in [1.807, 2.05) is 0 Å². The average molecular weight is 256 g/mol. The lowest BCUT2D eigenvalue weighted by Gasteiger charge is -2.21. The molecule has 1 rings (SSSR count). The third-order valence-electron chi connectivity index (χ3n) is 3.82. The Balaban J connectivity index is 1.97. The van der Waals surface area contributed by atoms with Crippen molar-refractivity contribution in [2.75, 3.05) is 26.8 Å². The van der Waals surface area contributed by atoms with Crippen LogP contribution in [0.25, 0.3) is 0 Å². The van der Waals surface area contributed by atoms with Gasteiger partial charge in [0.05, 0.1) is 0 Å². The minimum Gasteiger partial charge on any atom is -0.385 e. The first-order chi connectivity index (χ1) is 8.83. The Morgan fingerprint density at radius 3 is 2.94 bits per heavy atom. The Hall–Kier alpha value is -0.120. The molecule has 1 aliphatic heterocycles. The molecule has 0 aliphatic carbocycles. The predicted octanol–water partition coefficient (Wildman–Crippen LogP) is 2.70. The van der Waals surface area contributed by atoms with E-state index in [0.29, 0.717) is 6.04 Å². The fourth-order valence-corrected chi connectivity index (χ4v) is 2.71. The van der Waals surface area contributed by atoms with Gasteiger partial charge in [-0.3, -0.25) is 0 Å². The number of nitrogens with one attached hydrogen (secondary N) is 2. The van der Waals surface area contributed by atoms with E-state index in [1.54, 1.807) is 7.11 Å². The smallest absolute Gasteiger partial charge is 0.0462 e. The molecule has 0 amide bonds. The van der Waals surface area contributed by atoms with E-state index in [1.165, 1.54) is 57.9 Å². The highest BCUT2D eigenvalue weighted by Gasteiger charge is 2.14. The van der Waals surface area contributed by atoms with Gasteiger partial charge in [-0.15, -0.1) is 0 Å². The van der Waals surface area contributed by atoms with Gasteiger partial charge in [0.2, 0.25) is 0 Å². The van der Waals surface area contributed by atoms with Crippen LogP contribution >= 0.6 is 0 Å². The van der Waals surface area contributed by atoms with Gasteiger partial charge in [0.15, 0.2) is 0 Å². The van der Waals surface area contributed by atoms with Gasteiger partial charge in [-0.05, 0) is 58.5 Å². The van der Waals surface area contributed by atoms with Crippen LogP contribution in [0.1, 0.15) is 58.3 Å². The van der Waals surface area contributed by atoms with E-state index < -0.39 is 0 Å². The predicted molar refractivity (Wildman–Crippen MR) is 78.1 cm³/mol. The van der Waals surface area contributed by atoms with Crippen molar-refractivity contribution in [1.29, 1.82) is 0 Å². The Labute approximate surface area is 113 Å². The third-order valence-corrected chi connectivity index (χ3v) is 3.82. The molecule has 0 aromatic heterocycles. The first-order valence-corrected chi connectivity index (χ1v) is 7.78. The zero-order chi connectivity index (χ0) is 13.1. The third kappa shape index (κ3) is 8.06. The normalized spacial score (nSPS) is 22.7. The maximum absolute atomic E-state index is 5.05. The van der Waals surface area contributed by atoms with Crippen LogP contribution in [0.5, 0.6) is 0 Å². The Morgan fingerprint density at radius 1 is 1.22 bits per heavy atom. The van der Waals surface area contributed by atoms with E-state index in [9.17, 15) is 0 Å². The molecule has 1 saturated heterocycles. The zero-order valence-electron chi connectivity index (χ0n) is 12.3. The quantitative estimate of drug-likeness (QED) is 0.622. The number of ether oxygens (including phenoxy) is 1. The molecule has 0 aromatic carbocycles. The molecule has 0 saturated carbocycles. The molecular weight excluding hydrogens is 224 g/mol. The topological polar surface area (TPSA) is 33.3 Å². The van der Waals surface area contributed by atoms with Crippen LogP contribution < -0.4 is 10.6 Å². The van der Waals surface area contributed by atoms with Crippen molar-refractivity contribution in [3.63, 3.8) is 0 Å². The molecule has 3 nitrogen and oxygen atoms in total. The molecule has 1 aliphatic rings. The second-order valence-electron chi connectivity index (χ2n) is 5.64. The molecule has 3 heteroatoms. The van der Waals surface area contributed by atoms with Gasteiger partial charge >= 0.3 is 0 Å². The molecular formula is C15H32N2O. The van der Waals surface area contributed by atoms with Gasteiger partial charge in [0.1, 0.15) is 0 Å². The number of methoxy groups -OCH3 is 1. The molecule has 108 valence electrons. The van der Waals surface area contributed by atoms with Gasteiger partial charge in [0.25, 0.3) is 0 Å². The molecule has 2 unspecified atom stereocenters. The lowest BCUT2D eigenvalue weighted by molar-refractivity contribution is 0.192.